The van der Waals surface area contributed by atoms with E-state index in [1.54, 1.807) is 0 Å². The fraction of sp³-hybridized carbons (Fsp3) is 0.263. The zero-order valence-electron chi connectivity index (χ0n) is 14.5. The number of amides is 1. The molecular formula is C19H17F4NO3. The maximum absolute atomic E-state index is 14.0. The van der Waals surface area contributed by atoms with E-state index in [0.29, 0.717) is 0 Å². The Morgan fingerprint density at radius 1 is 1.00 bits per heavy atom. The molecular weight excluding hydrogens is 366 g/mol. The molecule has 2 unspecified atom stereocenters. The number of carbonyl (C=O) groups excluding carboxylic acids is 2. The first-order valence-corrected chi connectivity index (χ1v) is 7.95. The van der Waals surface area contributed by atoms with Gasteiger partial charge in [-0.3, -0.25) is 4.79 Å². The summed E-state index contributed by atoms with van der Waals surface area (Å²) in [6.45, 7) is 1.27. The van der Waals surface area contributed by atoms with Gasteiger partial charge in [0, 0.05) is 5.56 Å². The number of halogens is 4. The molecule has 0 bridgehead atoms. The van der Waals surface area contributed by atoms with Crippen LogP contribution in [0.1, 0.15) is 35.6 Å². The van der Waals surface area contributed by atoms with Gasteiger partial charge in [-0.05, 0) is 24.6 Å². The first-order valence-electron chi connectivity index (χ1n) is 7.95. The van der Waals surface area contributed by atoms with Crippen LogP contribution in [0, 0.1) is 5.82 Å². The highest BCUT2D eigenvalue weighted by Gasteiger charge is 2.36. The number of rotatable bonds is 5. The Labute approximate surface area is 153 Å². The molecule has 0 fully saturated rings. The van der Waals surface area contributed by atoms with Crippen LogP contribution < -0.4 is 5.32 Å². The number of alkyl halides is 3. The predicted molar refractivity (Wildman–Crippen MR) is 89.2 cm³/mol. The van der Waals surface area contributed by atoms with Gasteiger partial charge in [-0.1, -0.05) is 36.4 Å². The lowest BCUT2D eigenvalue weighted by Gasteiger charge is -2.22. The molecule has 0 aliphatic heterocycles. The molecule has 0 aliphatic rings. The summed E-state index contributed by atoms with van der Waals surface area (Å²) in [4.78, 5) is 24.5. The Morgan fingerprint density at radius 2 is 1.56 bits per heavy atom. The molecule has 8 heteroatoms. The zero-order valence-corrected chi connectivity index (χ0v) is 14.5. The number of hydrogen-bond donors (Lipinski definition) is 1. The number of hydrogen-bond acceptors (Lipinski definition) is 3. The highest BCUT2D eigenvalue weighted by atomic mass is 19.4. The smallest absolute Gasteiger partial charge is 0.416 e. The van der Waals surface area contributed by atoms with Gasteiger partial charge >= 0.3 is 12.1 Å². The molecule has 0 saturated heterocycles. The van der Waals surface area contributed by atoms with Crippen molar-refractivity contribution in [2.24, 2.45) is 0 Å². The third-order valence-corrected chi connectivity index (χ3v) is 4.07. The second kappa shape index (κ2) is 8.20. The van der Waals surface area contributed by atoms with Gasteiger partial charge in [0.25, 0.3) is 0 Å². The number of ether oxygens (including phenoxy) is 1. The van der Waals surface area contributed by atoms with E-state index in [1.807, 2.05) is 0 Å². The molecule has 0 radical (unpaired) electrons. The Morgan fingerprint density at radius 3 is 2.11 bits per heavy atom. The van der Waals surface area contributed by atoms with Crippen LogP contribution in [0.25, 0.3) is 0 Å². The van der Waals surface area contributed by atoms with Gasteiger partial charge in [0.05, 0.1) is 18.6 Å². The lowest BCUT2D eigenvalue weighted by molar-refractivity contribution is -0.146. The molecule has 0 aromatic heterocycles. The van der Waals surface area contributed by atoms with Gasteiger partial charge in [-0.25, -0.2) is 9.18 Å². The monoisotopic (exact) mass is 383 g/mol. The van der Waals surface area contributed by atoms with E-state index in [2.05, 4.69) is 10.1 Å². The van der Waals surface area contributed by atoms with Gasteiger partial charge in [-0.15, -0.1) is 0 Å². The minimum atomic E-state index is -4.64. The quantitative estimate of drug-likeness (QED) is 0.628. The van der Waals surface area contributed by atoms with Crippen molar-refractivity contribution in [2.45, 2.75) is 25.1 Å². The Balaban J connectivity index is 2.34. The Kier molecular flexibility index (Phi) is 6.20. The van der Waals surface area contributed by atoms with Crippen LogP contribution in [0.5, 0.6) is 0 Å². The van der Waals surface area contributed by atoms with E-state index in [4.69, 9.17) is 0 Å². The van der Waals surface area contributed by atoms with Crippen molar-refractivity contribution in [3.05, 3.63) is 71.0 Å². The first kappa shape index (κ1) is 20.4. The number of carbonyl (C=O) groups is 2. The first-order chi connectivity index (χ1) is 12.7. The average Bonchev–Trinajstić information content (AvgIpc) is 2.64. The van der Waals surface area contributed by atoms with E-state index in [-0.39, 0.29) is 11.1 Å². The van der Waals surface area contributed by atoms with Crippen molar-refractivity contribution in [2.75, 3.05) is 7.11 Å². The topological polar surface area (TPSA) is 55.4 Å². The van der Waals surface area contributed by atoms with Crippen LogP contribution in [0.2, 0.25) is 0 Å². The van der Waals surface area contributed by atoms with Crippen LogP contribution >= 0.6 is 0 Å². The summed E-state index contributed by atoms with van der Waals surface area (Å²) in [5.74, 6) is -3.80. The van der Waals surface area contributed by atoms with Crippen LogP contribution in [-0.4, -0.2) is 19.0 Å². The molecule has 2 aromatic rings. The maximum Gasteiger partial charge on any atom is 0.416 e. The average molecular weight is 383 g/mol. The summed E-state index contributed by atoms with van der Waals surface area (Å²) in [5, 5.41) is 2.28. The van der Waals surface area contributed by atoms with Crippen molar-refractivity contribution in [1.29, 1.82) is 0 Å². The second-order valence-corrected chi connectivity index (χ2v) is 5.79. The summed E-state index contributed by atoms with van der Waals surface area (Å²) < 4.78 is 58.1. The largest absolute Gasteiger partial charge is 0.467 e. The van der Waals surface area contributed by atoms with E-state index in [1.165, 1.54) is 43.3 Å². The van der Waals surface area contributed by atoms with E-state index in [0.717, 1.165) is 19.2 Å². The SMILES string of the molecule is COC(=O)C(NC(=O)C(C)c1ccccc1C(F)(F)F)c1ccccc1F. The molecule has 0 heterocycles. The molecule has 0 aliphatic carbocycles. The highest BCUT2D eigenvalue weighted by molar-refractivity contribution is 5.89. The highest BCUT2D eigenvalue weighted by Crippen LogP contribution is 2.35. The molecule has 144 valence electrons. The molecule has 1 N–H and O–H groups in total. The predicted octanol–water partition coefficient (Wildman–Crippen LogP) is 3.98. The lowest BCUT2D eigenvalue weighted by Crippen LogP contribution is -2.37. The number of nitrogens with one attached hydrogen (secondary N) is 1. The van der Waals surface area contributed by atoms with Gasteiger partial charge in [0.2, 0.25) is 5.91 Å². The molecule has 0 spiro atoms. The van der Waals surface area contributed by atoms with Crippen molar-refractivity contribution < 1.29 is 31.9 Å². The summed E-state index contributed by atoms with van der Waals surface area (Å²) in [5.41, 5.74) is -1.35. The van der Waals surface area contributed by atoms with E-state index < -0.39 is 41.4 Å². The molecule has 2 atom stereocenters. The number of benzene rings is 2. The van der Waals surface area contributed by atoms with Crippen LogP contribution in [0.3, 0.4) is 0 Å². The van der Waals surface area contributed by atoms with Gasteiger partial charge in [-0.2, -0.15) is 13.2 Å². The van der Waals surface area contributed by atoms with E-state index >= 15 is 0 Å². The summed E-state index contributed by atoms with van der Waals surface area (Å²) in [7, 11) is 1.06. The third-order valence-electron chi connectivity index (χ3n) is 4.07. The Hall–Kier alpha value is -2.90. The van der Waals surface area contributed by atoms with Crippen LogP contribution in [0.4, 0.5) is 17.6 Å². The van der Waals surface area contributed by atoms with E-state index in [9.17, 15) is 27.2 Å². The molecule has 4 nitrogen and oxygen atoms in total. The second-order valence-electron chi connectivity index (χ2n) is 5.79. The minimum Gasteiger partial charge on any atom is -0.467 e. The van der Waals surface area contributed by atoms with Gasteiger partial charge in [0.15, 0.2) is 6.04 Å². The molecule has 1 amide bonds. The fourth-order valence-electron chi connectivity index (χ4n) is 2.63. The van der Waals surface area contributed by atoms with Crippen molar-refractivity contribution in [1.82, 2.24) is 5.32 Å². The molecule has 0 saturated carbocycles. The third kappa shape index (κ3) is 4.64. The fourth-order valence-corrected chi connectivity index (χ4v) is 2.63. The van der Waals surface area contributed by atoms with Crippen molar-refractivity contribution in [3.63, 3.8) is 0 Å². The normalized spacial score (nSPS) is 13.6. The summed E-state index contributed by atoms with van der Waals surface area (Å²) in [6.07, 6.45) is -4.64. The van der Waals surface area contributed by atoms with Crippen LogP contribution in [-0.2, 0) is 20.5 Å². The molecule has 27 heavy (non-hydrogen) atoms. The minimum absolute atomic E-state index is 0.144. The lowest BCUT2D eigenvalue weighted by atomic mass is 9.94. The number of esters is 1. The van der Waals surface area contributed by atoms with Crippen molar-refractivity contribution >= 4 is 11.9 Å². The molecule has 2 rings (SSSR count). The maximum atomic E-state index is 14.0. The summed E-state index contributed by atoms with van der Waals surface area (Å²) in [6, 6.07) is 8.41. The standard InChI is InChI=1S/C19H17F4NO3/c1-11(12-7-3-5-9-14(12)19(21,22)23)17(25)24-16(18(26)27-2)13-8-4-6-10-15(13)20/h3-11,16H,1-2H3,(H,24,25). The zero-order chi connectivity index (χ0) is 20.2. The number of methoxy groups -OCH3 is 1. The summed E-state index contributed by atoms with van der Waals surface area (Å²) >= 11 is 0. The van der Waals surface area contributed by atoms with Gasteiger partial charge in [0.1, 0.15) is 5.82 Å². The van der Waals surface area contributed by atoms with Crippen molar-refractivity contribution in [3.8, 4) is 0 Å². The van der Waals surface area contributed by atoms with Crippen LogP contribution in [0.15, 0.2) is 48.5 Å². The molecule has 2 aromatic carbocycles. The van der Waals surface area contributed by atoms with Gasteiger partial charge < -0.3 is 10.1 Å². The Bertz CT molecular complexity index is 836.